The number of anilines is 1. The van der Waals surface area contributed by atoms with E-state index < -0.39 is 24.1 Å². The van der Waals surface area contributed by atoms with Gasteiger partial charge in [0.05, 0.1) is 10.7 Å². The first-order valence-electron chi connectivity index (χ1n) is 5.17. The van der Waals surface area contributed by atoms with Crippen molar-refractivity contribution in [2.75, 3.05) is 5.73 Å². The number of nitrogens with two attached hydrogens (primary N) is 1. The second-order valence-electron chi connectivity index (χ2n) is 4.13. The van der Waals surface area contributed by atoms with Gasteiger partial charge in [-0.2, -0.15) is 8.78 Å². The number of nitrogen functional groups attached to an aromatic ring is 1. The Bertz CT molecular complexity index is 542. The van der Waals surface area contributed by atoms with Crippen molar-refractivity contribution in [1.82, 2.24) is 15.8 Å². The molecule has 0 radical (unpaired) electrons. The zero-order valence-corrected chi connectivity index (χ0v) is 10.4. The predicted molar refractivity (Wildman–Crippen MR) is 62.7 cm³/mol. The molecule has 0 spiro atoms. The Kier molecular flexibility index (Phi) is 3.23. The number of nitrogens with zero attached hydrogens (tertiary/aromatic N) is 1. The third-order valence-electron chi connectivity index (χ3n) is 2.92. The molecule has 1 heterocycles. The highest BCUT2D eigenvalue weighted by Crippen LogP contribution is 2.35. The van der Waals surface area contributed by atoms with E-state index in [1.165, 1.54) is 6.92 Å². The number of nitrogens with one attached hydrogen (secondary N) is 2. The highest BCUT2D eigenvalue weighted by molar-refractivity contribution is 6.33. The van der Waals surface area contributed by atoms with Gasteiger partial charge in [0.1, 0.15) is 11.5 Å². The molecule has 1 aliphatic heterocycles. The highest BCUT2D eigenvalue weighted by Gasteiger charge is 2.48. The van der Waals surface area contributed by atoms with Gasteiger partial charge < -0.3 is 5.73 Å². The van der Waals surface area contributed by atoms with Crippen LogP contribution in [0.15, 0.2) is 12.1 Å². The number of rotatable bonds is 2. The number of hydrazine groups is 1. The number of halogens is 4. The standard InChI is InChI=1S/C10H10ClF3N4O/c1-10(17-16-9(19)18(10)8(13)14)4-2-7(15)5(11)3-6(4)12/h2-3,8,17H,15H2,1H3,(H,16,19). The largest absolute Gasteiger partial charge is 0.398 e. The Labute approximate surface area is 111 Å². The van der Waals surface area contributed by atoms with E-state index in [0.717, 1.165) is 12.1 Å². The summed E-state index contributed by atoms with van der Waals surface area (Å²) in [6, 6.07) is 0.955. The summed E-state index contributed by atoms with van der Waals surface area (Å²) < 4.78 is 39.8. The van der Waals surface area contributed by atoms with Crippen LogP contribution in [0.25, 0.3) is 0 Å². The number of hydrogen-bond acceptors (Lipinski definition) is 3. The van der Waals surface area contributed by atoms with Gasteiger partial charge in [-0.1, -0.05) is 11.6 Å². The molecule has 9 heteroatoms. The lowest BCUT2D eigenvalue weighted by atomic mass is 9.99. The Morgan fingerprint density at radius 3 is 2.68 bits per heavy atom. The molecule has 1 aliphatic rings. The van der Waals surface area contributed by atoms with Gasteiger partial charge in [-0.25, -0.2) is 19.5 Å². The first-order valence-corrected chi connectivity index (χ1v) is 5.55. The molecule has 2 rings (SSSR count). The average Bonchev–Trinajstić information content (AvgIpc) is 2.60. The monoisotopic (exact) mass is 294 g/mol. The van der Waals surface area contributed by atoms with E-state index in [1.807, 2.05) is 5.43 Å². The lowest BCUT2D eigenvalue weighted by Crippen LogP contribution is -2.50. The number of alkyl halides is 2. The first-order chi connectivity index (χ1) is 8.77. The molecule has 1 unspecified atom stereocenters. The highest BCUT2D eigenvalue weighted by atomic mass is 35.5. The molecule has 0 aromatic heterocycles. The third kappa shape index (κ3) is 2.06. The SMILES string of the molecule is CC1(c2cc(N)c(Cl)cc2F)NNC(=O)N1C(F)F. The minimum atomic E-state index is -3.11. The van der Waals surface area contributed by atoms with Crippen LogP contribution in [-0.2, 0) is 5.66 Å². The van der Waals surface area contributed by atoms with Crippen molar-refractivity contribution in [1.29, 1.82) is 0 Å². The summed E-state index contributed by atoms with van der Waals surface area (Å²) in [7, 11) is 0. The second kappa shape index (κ2) is 4.46. The summed E-state index contributed by atoms with van der Waals surface area (Å²) >= 11 is 5.64. The van der Waals surface area contributed by atoms with E-state index in [2.05, 4.69) is 5.43 Å². The number of benzene rings is 1. The molecule has 0 bridgehead atoms. The van der Waals surface area contributed by atoms with Gasteiger partial charge in [0.15, 0.2) is 0 Å². The topological polar surface area (TPSA) is 70.4 Å². The molecule has 2 amide bonds. The number of carbonyl (C=O) groups excluding carboxylic acids is 1. The van der Waals surface area contributed by atoms with Crippen LogP contribution in [0.3, 0.4) is 0 Å². The fourth-order valence-corrected chi connectivity index (χ4v) is 2.07. The number of hydrogen-bond donors (Lipinski definition) is 3. The van der Waals surface area contributed by atoms with Crippen LogP contribution in [0.2, 0.25) is 5.02 Å². The smallest absolute Gasteiger partial charge is 0.337 e. The molecule has 19 heavy (non-hydrogen) atoms. The van der Waals surface area contributed by atoms with Crippen LogP contribution in [-0.4, -0.2) is 17.5 Å². The maximum absolute atomic E-state index is 13.9. The molecule has 1 aromatic rings. The quantitative estimate of drug-likeness (QED) is 0.577. The van der Waals surface area contributed by atoms with Crippen molar-refractivity contribution >= 4 is 23.3 Å². The lowest BCUT2D eigenvalue weighted by Gasteiger charge is -2.33. The minimum absolute atomic E-state index is 0.0228. The Morgan fingerprint density at radius 1 is 1.47 bits per heavy atom. The fourth-order valence-electron chi connectivity index (χ4n) is 1.92. The van der Waals surface area contributed by atoms with Gasteiger partial charge >= 0.3 is 12.6 Å². The number of amides is 2. The van der Waals surface area contributed by atoms with Crippen molar-refractivity contribution in [3.63, 3.8) is 0 Å². The second-order valence-corrected chi connectivity index (χ2v) is 4.54. The maximum Gasteiger partial charge on any atom is 0.337 e. The van der Waals surface area contributed by atoms with Crippen LogP contribution < -0.4 is 16.6 Å². The van der Waals surface area contributed by atoms with E-state index in [9.17, 15) is 18.0 Å². The summed E-state index contributed by atoms with van der Waals surface area (Å²) in [5, 5.41) is -0.0364. The van der Waals surface area contributed by atoms with Crippen LogP contribution in [0.1, 0.15) is 12.5 Å². The normalized spacial score (nSPS) is 23.1. The molecule has 1 atom stereocenters. The minimum Gasteiger partial charge on any atom is -0.398 e. The van der Waals surface area contributed by atoms with Gasteiger partial charge in [-0.05, 0) is 19.1 Å². The van der Waals surface area contributed by atoms with Gasteiger partial charge in [-0.3, -0.25) is 5.43 Å². The van der Waals surface area contributed by atoms with E-state index in [1.54, 1.807) is 0 Å². The summed E-state index contributed by atoms with van der Waals surface area (Å²) in [5.41, 5.74) is 7.92. The maximum atomic E-state index is 13.9. The zero-order valence-electron chi connectivity index (χ0n) is 9.68. The lowest BCUT2D eigenvalue weighted by molar-refractivity contribution is -0.0490. The van der Waals surface area contributed by atoms with Crippen molar-refractivity contribution in [3.05, 3.63) is 28.5 Å². The summed E-state index contributed by atoms with van der Waals surface area (Å²) in [6.07, 6.45) is 0. The zero-order chi connectivity index (χ0) is 14.4. The Morgan fingerprint density at radius 2 is 2.11 bits per heavy atom. The molecule has 0 aliphatic carbocycles. The first kappa shape index (κ1) is 13.8. The Hall–Kier alpha value is -1.67. The number of urea groups is 1. The van der Waals surface area contributed by atoms with Crippen LogP contribution >= 0.6 is 11.6 Å². The van der Waals surface area contributed by atoms with Crippen molar-refractivity contribution in [3.8, 4) is 0 Å². The van der Waals surface area contributed by atoms with Crippen molar-refractivity contribution in [2.45, 2.75) is 19.1 Å². The molecule has 5 nitrogen and oxygen atoms in total. The van der Waals surface area contributed by atoms with E-state index in [4.69, 9.17) is 17.3 Å². The summed E-state index contributed by atoms with van der Waals surface area (Å²) in [4.78, 5) is 11.5. The van der Waals surface area contributed by atoms with Crippen molar-refractivity contribution < 1.29 is 18.0 Å². The van der Waals surface area contributed by atoms with Gasteiger partial charge in [-0.15, -0.1) is 0 Å². The van der Waals surface area contributed by atoms with Crippen LogP contribution in [0, 0.1) is 5.82 Å². The molecular weight excluding hydrogens is 285 g/mol. The summed E-state index contributed by atoms with van der Waals surface area (Å²) in [5.74, 6) is -0.851. The van der Waals surface area contributed by atoms with Crippen LogP contribution in [0.4, 0.5) is 23.7 Å². The molecule has 4 N–H and O–H groups in total. The van der Waals surface area contributed by atoms with E-state index in [0.29, 0.717) is 0 Å². The van der Waals surface area contributed by atoms with Crippen molar-refractivity contribution in [2.24, 2.45) is 0 Å². The molecular formula is C10H10ClF3N4O. The summed E-state index contributed by atoms with van der Waals surface area (Å²) in [6.45, 7) is -1.89. The third-order valence-corrected chi connectivity index (χ3v) is 3.25. The number of carbonyl (C=O) groups is 1. The molecule has 1 saturated heterocycles. The van der Waals surface area contributed by atoms with Crippen LogP contribution in [0.5, 0.6) is 0 Å². The Balaban J connectivity index is 2.56. The molecule has 1 fully saturated rings. The average molecular weight is 295 g/mol. The van der Waals surface area contributed by atoms with Gasteiger partial charge in [0.25, 0.3) is 0 Å². The van der Waals surface area contributed by atoms with E-state index >= 15 is 0 Å². The molecule has 0 saturated carbocycles. The van der Waals surface area contributed by atoms with Gasteiger partial charge in [0, 0.05) is 5.56 Å². The fraction of sp³-hybridized carbons (Fsp3) is 0.300. The van der Waals surface area contributed by atoms with E-state index in [-0.39, 0.29) is 21.2 Å². The molecule has 1 aromatic carbocycles. The predicted octanol–water partition coefficient (Wildman–Crippen LogP) is 1.99. The molecule has 104 valence electrons. The van der Waals surface area contributed by atoms with Gasteiger partial charge in [0.2, 0.25) is 0 Å².